The fourth-order valence-corrected chi connectivity index (χ4v) is 5.22. The maximum absolute atomic E-state index is 12.8. The van der Waals surface area contributed by atoms with E-state index >= 15 is 0 Å². The molecular weight excluding hydrogens is 366 g/mol. The van der Waals surface area contributed by atoms with Crippen LogP contribution in [0.4, 0.5) is 5.00 Å². The summed E-state index contributed by atoms with van der Waals surface area (Å²) in [6.07, 6.45) is 5.09. The van der Waals surface area contributed by atoms with Crippen molar-refractivity contribution in [2.24, 2.45) is 5.92 Å². The molecular formula is C20H25NO5S. The number of thiophene rings is 1. The molecule has 1 aromatic rings. The second-order valence-corrected chi connectivity index (χ2v) is 8.31. The molecule has 1 heterocycles. The van der Waals surface area contributed by atoms with Crippen LogP contribution in [0.15, 0.2) is 11.1 Å². The number of carbonyl (C=O) groups is 3. The molecule has 0 aromatic carbocycles. The number of carboxylic acid groups (broad SMARTS) is 1. The van der Waals surface area contributed by atoms with Gasteiger partial charge in [-0.3, -0.25) is 4.79 Å². The van der Waals surface area contributed by atoms with Crippen molar-refractivity contribution >= 4 is 34.2 Å². The molecule has 1 amide bonds. The lowest BCUT2D eigenvalue weighted by molar-refractivity contribution is -0.133. The number of carboxylic acids is 1. The van der Waals surface area contributed by atoms with Crippen molar-refractivity contribution in [3.05, 3.63) is 27.2 Å². The molecule has 27 heavy (non-hydrogen) atoms. The number of hydrogen-bond donors (Lipinski definition) is 2. The van der Waals surface area contributed by atoms with Crippen LogP contribution >= 0.6 is 11.3 Å². The molecule has 7 heteroatoms. The number of fused-ring (bicyclic) bond motifs is 1. The highest BCUT2D eigenvalue weighted by molar-refractivity contribution is 7.17. The zero-order valence-corrected chi connectivity index (χ0v) is 16.5. The Labute approximate surface area is 162 Å². The van der Waals surface area contributed by atoms with Gasteiger partial charge in [0.1, 0.15) is 5.00 Å². The first-order valence-corrected chi connectivity index (χ1v) is 10.3. The van der Waals surface area contributed by atoms with Crippen molar-refractivity contribution in [3.8, 4) is 0 Å². The highest BCUT2D eigenvalue weighted by atomic mass is 32.1. The lowest BCUT2D eigenvalue weighted by atomic mass is 9.88. The lowest BCUT2D eigenvalue weighted by Crippen LogP contribution is -2.22. The number of ether oxygens (including phenoxy) is 1. The minimum atomic E-state index is -1.04. The van der Waals surface area contributed by atoms with Gasteiger partial charge in [0.25, 0.3) is 5.91 Å². The fraction of sp³-hybridized carbons (Fsp3) is 0.550. The highest BCUT2D eigenvalue weighted by Gasteiger charge is 2.30. The Morgan fingerprint density at radius 1 is 1.19 bits per heavy atom. The van der Waals surface area contributed by atoms with Crippen molar-refractivity contribution in [1.29, 1.82) is 0 Å². The van der Waals surface area contributed by atoms with Crippen LogP contribution in [-0.4, -0.2) is 29.6 Å². The fourth-order valence-electron chi connectivity index (χ4n) is 3.83. The number of nitrogens with one attached hydrogen (secondary N) is 1. The molecule has 3 rings (SSSR count). The van der Waals surface area contributed by atoms with E-state index in [1.165, 1.54) is 11.3 Å². The lowest BCUT2D eigenvalue weighted by Gasteiger charge is -2.18. The summed E-state index contributed by atoms with van der Waals surface area (Å²) in [6.45, 7) is 4.20. The van der Waals surface area contributed by atoms with Crippen LogP contribution in [0.25, 0.3) is 0 Å². The average molecular weight is 391 g/mol. The van der Waals surface area contributed by atoms with Gasteiger partial charge in [0, 0.05) is 16.0 Å². The van der Waals surface area contributed by atoms with Crippen molar-refractivity contribution in [3.63, 3.8) is 0 Å². The van der Waals surface area contributed by atoms with Crippen LogP contribution in [0.5, 0.6) is 0 Å². The molecule has 2 aliphatic carbocycles. The first-order valence-electron chi connectivity index (χ1n) is 9.50. The van der Waals surface area contributed by atoms with Crippen LogP contribution in [0, 0.1) is 5.92 Å². The number of hydrogen-bond acceptors (Lipinski definition) is 5. The van der Waals surface area contributed by atoms with Gasteiger partial charge >= 0.3 is 11.9 Å². The van der Waals surface area contributed by atoms with Crippen molar-refractivity contribution in [1.82, 2.24) is 0 Å². The number of rotatable bonds is 5. The predicted molar refractivity (Wildman–Crippen MR) is 103 cm³/mol. The Morgan fingerprint density at radius 2 is 1.89 bits per heavy atom. The van der Waals surface area contributed by atoms with Gasteiger partial charge in [-0.2, -0.15) is 0 Å². The Kier molecular flexibility index (Phi) is 5.99. The van der Waals surface area contributed by atoms with Crippen molar-refractivity contribution in [2.75, 3.05) is 11.9 Å². The third kappa shape index (κ3) is 4.08. The molecule has 0 bridgehead atoms. The third-order valence-corrected chi connectivity index (χ3v) is 6.39. The average Bonchev–Trinajstić information content (AvgIpc) is 2.98. The summed E-state index contributed by atoms with van der Waals surface area (Å²) in [7, 11) is 0. The molecule has 0 saturated heterocycles. The summed E-state index contributed by atoms with van der Waals surface area (Å²) in [6, 6.07) is 0. The molecule has 146 valence electrons. The minimum absolute atomic E-state index is 0.186. The van der Waals surface area contributed by atoms with E-state index in [1.54, 1.807) is 6.92 Å². The van der Waals surface area contributed by atoms with E-state index in [2.05, 4.69) is 12.2 Å². The number of anilines is 1. The molecule has 1 aromatic heterocycles. The van der Waals surface area contributed by atoms with Gasteiger partial charge in [0.15, 0.2) is 0 Å². The van der Waals surface area contributed by atoms with Crippen LogP contribution in [-0.2, 0) is 27.2 Å². The van der Waals surface area contributed by atoms with E-state index in [9.17, 15) is 19.5 Å². The normalized spacial score (nSPS) is 19.4. The first-order chi connectivity index (χ1) is 12.9. The maximum Gasteiger partial charge on any atom is 0.341 e. The smallest absolute Gasteiger partial charge is 0.341 e. The maximum atomic E-state index is 12.8. The quantitative estimate of drug-likeness (QED) is 0.742. The second-order valence-electron chi connectivity index (χ2n) is 7.20. The largest absolute Gasteiger partial charge is 0.478 e. The van der Waals surface area contributed by atoms with Crippen LogP contribution < -0.4 is 5.32 Å². The molecule has 2 N–H and O–H groups in total. The van der Waals surface area contributed by atoms with Gasteiger partial charge in [-0.15, -0.1) is 11.3 Å². The monoisotopic (exact) mass is 391 g/mol. The van der Waals surface area contributed by atoms with Crippen molar-refractivity contribution in [2.45, 2.75) is 58.8 Å². The standard InChI is InChI=1S/C20H25NO5S/c1-3-26-20(25)16-14-9-8-11(2)10-15(14)27-18(16)21-17(22)12-6-4-5-7-13(12)19(23)24/h11H,3-10H2,1-2H3,(H,21,22)(H,23,24). The summed E-state index contributed by atoms with van der Waals surface area (Å²) < 4.78 is 5.22. The molecule has 0 radical (unpaired) electrons. The Morgan fingerprint density at radius 3 is 2.56 bits per heavy atom. The molecule has 2 aliphatic rings. The van der Waals surface area contributed by atoms with Crippen molar-refractivity contribution < 1.29 is 24.2 Å². The first kappa shape index (κ1) is 19.6. The van der Waals surface area contributed by atoms with Gasteiger partial charge in [-0.25, -0.2) is 9.59 Å². The van der Waals surface area contributed by atoms with E-state index in [-0.39, 0.29) is 12.2 Å². The number of esters is 1. The Balaban J connectivity index is 1.95. The van der Waals surface area contributed by atoms with E-state index in [0.29, 0.717) is 34.9 Å². The molecule has 0 spiro atoms. The molecule has 1 unspecified atom stereocenters. The van der Waals surface area contributed by atoms with Gasteiger partial charge in [0.05, 0.1) is 12.2 Å². The molecule has 6 nitrogen and oxygen atoms in total. The minimum Gasteiger partial charge on any atom is -0.478 e. The molecule has 1 atom stereocenters. The van der Waals surface area contributed by atoms with Gasteiger partial charge in [-0.05, 0) is 63.4 Å². The van der Waals surface area contributed by atoms with E-state index in [0.717, 1.165) is 42.5 Å². The number of amides is 1. The third-order valence-electron chi connectivity index (χ3n) is 5.22. The Bertz CT molecular complexity index is 808. The van der Waals surface area contributed by atoms with Gasteiger partial charge in [0.2, 0.25) is 0 Å². The van der Waals surface area contributed by atoms with Crippen LogP contribution in [0.2, 0.25) is 0 Å². The number of carbonyl (C=O) groups excluding carboxylic acids is 2. The molecule has 0 fully saturated rings. The summed E-state index contributed by atoms with van der Waals surface area (Å²) >= 11 is 1.42. The summed E-state index contributed by atoms with van der Waals surface area (Å²) in [4.78, 5) is 37.9. The van der Waals surface area contributed by atoms with Crippen LogP contribution in [0.1, 0.15) is 66.8 Å². The van der Waals surface area contributed by atoms with E-state index in [4.69, 9.17) is 4.74 Å². The van der Waals surface area contributed by atoms with Gasteiger partial charge in [-0.1, -0.05) is 6.92 Å². The second kappa shape index (κ2) is 8.25. The Hall–Kier alpha value is -2.15. The van der Waals surface area contributed by atoms with E-state index < -0.39 is 17.8 Å². The summed E-state index contributed by atoms with van der Waals surface area (Å²) in [5, 5.41) is 12.7. The molecule has 0 saturated carbocycles. The topological polar surface area (TPSA) is 92.7 Å². The summed E-state index contributed by atoms with van der Waals surface area (Å²) in [5.74, 6) is -1.33. The SMILES string of the molecule is CCOC(=O)c1c(NC(=O)C2=C(C(=O)O)CCCC2)sc2c1CCC(C)C2. The van der Waals surface area contributed by atoms with Crippen LogP contribution in [0.3, 0.4) is 0 Å². The van der Waals surface area contributed by atoms with Gasteiger partial charge < -0.3 is 15.2 Å². The summed E-state index contributed by atoms with van der Waals surface area (Å²) in [5.41, 5.74) is 1.93. The zero-order chi connectivity index (χ0) is 19.6. The highest BCUT2D eigenvalue weighted by Crippen LogP contribution is 2.40. The van der Waals surface area contributed by atoms with E-state index in [1.807, 2.05) is 0 Å². The zero-order valence-electron chi connectivity index (χ0n) is 15.7. The molecule has 0 aliphatic heterocycles. The predicted octanol–water partition coefficient (Wildman–Crippen LogP) is 3.94. The number of aliphatic carboxylic acids is 1.